The quantitative estimate of drug-likeness (QED) is 0.753. The van der Waals surface area contributed by atoms with Gasteiger partial charge < -0.3 is 15.0 Å². The smallest absolute Gasteiger partial charge is 0.410 e. The summed E-state index contributed by atoms with van der Waals surface area (Å²) in [6.07, 6.45) is 2.86. The highest BCUT2D eigenvalue weighted by Crippen LogP contribution is 2.35. The third-order valence-corrected chi connectivity index (χ3v) is 6.42. The summed E-state index contributed by atoms with van der Waals surface area (Å²) in [5.74, 6) is -0.409. The van der Waals surface area contributed by atoms with E-state index in [1.165, 1.54) is 4.90 Å². The van der Waals surface area contributed by atoms with Crippen molar-refractivity contribution in [3.05, 3.63) is 66.2 Å². The van der Waals surface area contributed by atoms with Crippen LogP contribution in [-0.4, -0.2) is 48.0 Å². The van der Waals surface area contributed by atoms with E-state index in [-0.39, 0.29) is 18.4 Å². The van der Waals surface area contributed by atoms with Gasteiger partial charge in [-0.15, -0.1) is 0 Å². The number of ether oxygens (including phenoxy) is 1. The van der Waals surface area contributed by atoms with E-state index in [1.807, 2.05) is 60.7 Å². The van der Waals surface area contributed by atoms with Crippen LogP contribution in [0.25, 0.3) is 0 Å². The summed E-state index contributed by atoms with van der Waals surface area (Å²) in [7, 11) is 1.73. The van der Waals surface area contributed by atoms with Gasteiger partial charge in [0, 0.05) is 19.3 Å². The van der Waals surface area contributed by atoms with Gasteiger partial charge in [-0.3, -0.25) is 14.5 Å². The van der Waals surface area contributed by atoms with Crippen molar-refractivity contribution in [1.82, 2.24) is 10.2 Å². The van der Waals surface area contributed by atoms with Crippen LogP contribution in [-0.2, 0) is 20.9 Å². The van der Waals surface area contributed by atoms with Gasteiger partial charge in [0.15, 0.2) is 0 Å². The molecule has 1 saturated heterocycles. The maximum atomic E-state index is 13.3. The lowest BCUT2D eigenvalue weighted by atomic mass is 9.75. The monoisotopic (exact) mass is 435 g/mol. The number of hydrogen-bond acceptors (Lipinski definition) is 4. The minimum Gasteiger partial charge on any atom is -0.445 e. The van der Waals surface area contributed by atoms with E-state index in [9.17, 15) is 14.4 Å². The molecular weight excluding hydrogens is 406 g/mol. The largest absolute Gasteiger partial charge is 0.445 e. The Labute approximate surface area is 188 Å². The van der Waals surface area contributed by atoms with Crippen molar-refractivity contribution < 1.29 is 19.1 Å². The normalized spacial score (nSPS) is 19.0. The lowest BCUT2D eigenvalue weighted by molar-refractivity contribution is -0.137. The van der Waals surface area contributed by atoms with Crippen LogP contribution in [0, 0.1) is 0 Å². The summed E-state index contributed by atoms with van der Waals surface area (Å²) in [6, 6.07) is 18.2. The van der Waals surface area contributed by atoms with E-state index < -0.39 is 17.7 Å². The van der Waals surface area contributed by atoms with Crippen LogP contribution < -0.4 is 10.2 Å². The molecule has 1 atom stereocenters. The van der Waals surface area contributed by atoms with Gasteiger partial charge in [0.1, 0.15) is 18.2 Å². The van der Waals surface area contributed by atoms with Crippen LogP contribution in [0.2, 0.25) is 0 Å². The minimum atomic E-state index is -0.913. The molecule has 0 aromatic heterocycles. The number of likely N-dealkylation sites (tertiary alicyclic amines) is 1. The van der Waals surface area contributed by atoms with Crippen molar-refractivity contribution in [1.29, 1.82) is 0 Å². The Bertz CT molecular complexity index is 960. The molecule has 32 heavy (non-hydrogen) atoms. The molecule has 3 amide bonds. The highest BCUT2D eigenvalue weighted by Gasteiger charge is 2.49. The fourth-order valence-corrected chi connectivity index (χ4v) is 4.39. The topological polar surface area (TPSA) is 79.0 Å². The Morgan fingerprint density at radius 1 is 1.03 bits per heavy atom. The van der Waals surface area contributed by atoms with Crippen LogP contribution >= 0.6 is 0 Å². The number of carbonyl (C=O) groups excluding carboxylic acids is 3. The Hall–Kier alpha value is -3.35. The molecular formula is C25H29N3O4. The van der Waals surface area contributed by atoms with Gasteiger partial charge in [0.05, 0.1) is 0 Å². The van der Waals surface area contributed by atoms with Gasteiger partial charge in [-0.05, 0) is 49.8 Å². The molecule has 168 valence electrons. The average molecular weight is 436 g/mol. The zero-order valence-electron chi connectivity index (χ0n) is 18.3. The van der Waals surface area contributed by atoms with Crippen LogP contribution in [0.1, 0.15) is 37.7 Å². The number of carbonyl (C=O) groups is 3. The molecule has 1 N–H and O–H groups in total. The minimum absolute atomic E-state index is 0.125. The van der Waals surface area contributed by atoms with Crippen LogP contribution in [0.3, 0.4) is 0 Å². The molecule has 2 fully saturated rings. The first kappa shape index (κ1) is 21.9. The van der Waals surface area contributed by atoms with Crippen molar-refractivity contribution in [2.45, 2.75) is 50.3 Å². The second kappa shape index (κ2) is 9.42. The molecule has 1 heterocycles. The van der Waals surface area contributed by atoms with Gasteiger partial charge in [0.2, 0.25) is 5.91 Å². The lowest BCUT2D eigenvalue weighted by Crippen LogP contribution is -2.65. The predicted molar refractivity (Wildman–Crippen MR) is 121 cm³/mol. The lowest BCUT2D eigenvalue weighted by Gasteiger charge is -2.44. The standard InChI is InChI=1S/C25H29N3O4/c1-27(20-12-6-3-7-13-20)23(30)25(15-9-16-25)26-22(29)21-14-8-17-28(21)24(31)32-18-19-10-4-2-5-11-19/h2-7,10-13,21H,8-9,14-18H2,1H3,(H,26,29)/t21-/m0/s1. The first-order valence-electron chi connectivity index (χ1n) is 11.1. The highest BCUT2D eigenvalue weighted by atomic mass is 16.6. The molecule has 2 aromatic carbocycles. The van der Waals surface area contributed by atoms with Crippen LogP contribution in [0.4, 0.5) is 10.5 Å². The Morgan fingerprint density at radius 2 is 1.69 bits per heavy atom. The number of hydrogen-bond donors (Lipinski definition) is 1. The molecule has 2 aromatic rings. The van der Waals surface area contributed by atoms with Crippen molar-refractivity contribution in [2.75, 3.05) is 18.5 Å². The summed E-state index contributed by atoms with van der Waals surface area (Å²) in [5, 5.41) is 3.00. The van der Waals surface area contributed by atoms with Gasteiger partial charge in [0.25, 0.3) is 5.91 Å². The van der Waals surface area contributed by atoms with E-state index >= 15 is 0 Å². The fraction of sp³-hybridized carbons (Fsp3) is 0.400. The molecule has 1 saturated carbocycles. The van der Waals surface area contributed by atoms with E-state index in [0.29, 0.717) is 25.8 Å². The number of nitrogens with zero attached hydrogens (tertiary/aromatic N) is 2. The second-order valence-corrected chi connectivity index (χ2v) is 8.52. The SMILES string of the molecule is CN(C(=O)C1(NC(=O)[C@@H]2CCCN2C(=O)OCc2ccccc2)CCC1)c1ccccc1. The van der Waals surface area contributed by atoms with Gasteiger partial charge >= 0.3 is 6.09 Å². The van der Waals surface area contributed by atoms with E-state index in [1.54, 1.807) is 11.9 Å². The Balaban J connectivity index is 1.40. The van der Waals surface area contributed by atoms with E-state index in [2.05, 4.69) is 5.32 Å². The van der Waals surface area contributed by atoms with Crippen molar-refractivity contribution in [3.63, 3.8) is 0 Å². The molecule has 2 aliphatic rings. The number of nitrogens with one attached hydrogen (secondary N) is 1. The van der Waals surface area contributed by atoms with Crippen molar-refractivity contribution >= 4 is 23.6 Å². The molecule has 7 nitrogen and oxygen atoms in total. The third-order valence-electron chi connectivity index (χ3n) is 6.42. The third kappa shape index (κ3) is 4.47. The van der Waals surface area contributed by atoms with Crippen LogP contribution in [0.15, 0.2) is 60.7 Å². The predicted octanol–water partition coefficient (Wildman–Crippen LogP) is 3.49. The molecule has 4 rings (SSSR count). The van der Waals surface area contributed by atoms with Gasteiger partial charge in [-0.25, -0.2) is 4.79 Å². The number of anilines is 1. The maximum absolute atomic E-state index is 13.3. The molecule has 0 radical (unpaired) electrons. The number of benzene rings is 2. The number of rotatable bonds is 6. The molecule has 0 unspecified atom stereocenters. The molecule has 7 heteroatoms. The summed E-state index contributed by atoms with van der Waals surface area (Å²) in [6.45, 7) is 0.630. The highest BCUT2D eigenvalue weighted by molar-refractivity contribution is 6.03. The number of likely N-dealkylation sites (N-methyl/N-ethyl adjacent to an activating group) is 1. The molecule has 1 aliphatic carbocycles. The molecule has 0 spiro atoms. The van der Waals surface area contributed by atoms with Gasteiger partial charge in [-0.1, -0.05) is 48.5 Å². The maximum Gasteiger partial charge on any atom is 0.410 e. The summed E-state index contributed by atoms with van der Waals surface area (Å²) in [4.78, 5) is 42.2. The number of para-hydroxylation sites is 1. The molecule has 1 aliphatic heterocycles. The molecule has 0 bridgehead atoms. The zero-order valence-corrected chi connectivity index (χ0v) is 18.3. The first-order valence-corrected chi connectivity index (χ1v) is 11.1. The first-order chi connectivity index (χ1) is 15.5. The van der Waals surface area contributed by atoms with Crippen molar-refractivity contribution in [3.8, 4) is 0 Å². The van der Waals surface area contributed by atoms with Gasteiger partial charge in [-0.2, -0.15) is 0 Å². The van der Waals surface area contributed by atoms with Crippen molar-refractivity contribution in [2.24, 2.45) is 0 Å². The average Bonchev–Trinajstić information content (AvgIpc) is 3.30. The Kier molecular flexibility index (Phi) is 6.44. The fourth-order valence-electron chi connectivity index (χ4n) is 4.39. The summed E-state index contributed by atoms with van der Waals surface area (Å²) < 4.78 is 5.44. The number of amides is 3. The zero-order chi connectivity index (χ0) is 22.6. The summed E-state index contributed by atoms with van der Waals surface area (Å²) >= 11 is 0. The van der Waals surface area contributed by atoms with E-state index in [4.69, 9.17) is 4.74 Å². The second-order valence-electron chi connectivity index (χ2n) is 8.52. The summed E-state index contributed by atoms with van der Waals surface area (Å²) in [5.41, 5.74) is 0.762. The van der Waals surface area contributed by atoms with Crippen LogP contribution in [0.5, 0.6) is 0 Å². The Morgan fingerprint density at radius 3 is 2.31 bits per heavy atom. The van der Waals surface area contributed by atoms with E-state index in [0.717, 1.165) is 24.1 Å².